The quantitative estimate of drug-likeness (QED) is 0.316. The highest BCUT2D eigenvalue weighted by Gasteiger charge is 2.19. The van der Waals surface area contributed by atoms with E-state index in [0.29, 0.717) is 11.9 Å². The van der Waals surface area contributed by atoms with Gasteiger partial charge >= 0.3 is 0 Å². The van der Waals surface area contributed by atoms with Gasteiger partial charge < -0.3 is 19.9 Å². The Hall–Kier alpha value is -2.49. The maximum Gasteiger partial charge on any atom is 0.145 e. The van der Waals surface area contributed by atoms with Crippen LogP contribution in [-0.4, -0.2) is 79.2 Å². The Balaban J connectivity index is 1.74. The van der Waals surface area contributed by atoms with E-state index in [0.717, 1.165) is 70.6 Å². The Morgan fingerprint density at radius 2 is 1.94 bits per heavy atom. The minimum absolute atomic E-state index is 0.381. The maximum absolute atomic E-state index is 6.38. The monoisotopic (exact) mass is 496 g/mol. The second-order valence-corrected chi connectivity index (χ2v) is 10.5. The van der Waals surface area contributed by atoms with Crippen molar-refractivity contribution in [3.8, 4) is 5.75 Å². The number of aliphatic imine (C=N–C) groups is 1. The van der Waals surface area contributed by atoms with Crippen LogP contribution in [0.1, 0.15) is 6.92 Å². The van der Waals surface area contributed by atoms with Crippen molar-refractivity contribution in [3.05, 3.63) is 36.7 Å². The molecule has 34 heavy (non-hydrogen) atoms. The summed E-state index contributed by atoms with van der Waals surface area (Å²) >= 11 is 3.43. The molecule has 0 aliphatic carbocycles. The number of anilines is 3. The molecule has 9 heteroatoms. The molecular weight excluding hydrogens is 464 g/mol. The summed E-state index contributed by atoms with van der Waals surface area (Å²) in [5.74, 6) is 1.54. The van der Waals surface area contributed by atoms with Crippen molar-refractivity contribution in [3.63, 3.8) is 0 Å². The van der Waals surface area contributed by atoms with Gasteiger partial charge in [-0.1, -0.05) is 6.92 Å². The molecule has 2 heterocycles. The fourth-order valence-electron chi connectivity index (χ4n) is 3.89. The first kappa shape index (κ1) is 24.6. The van der Waals surface area contributed by atoms with Crippen LogP contribution in [0.15, 0.2) is 46.5 Å². The van der Waals surface area contributed by atoms with Gasteiger partial charge in [0.05, 0.1) is 23.2 Å². The Morgan fingerprint density at radius 3 is 2.65 bits per heavy atom. The molecule has 1 atom stereocenters. The van der Waals surface area contributed by atoms with Gasteiger partial charge in [0, 0.05) is 53.8 Å². The van der Waals surface area contributed by atoms with Crippen LogP contribution in [0.25, 0.3) is 10.9 Å². The zero-order valence-corrected chi connectivity index (χ0v) is 21.9. The zero-order valence-electron chi connectivity index (χ0n) is 20.2. The normalized spacial score (nSPS) is 15.4. The van der Waals surface area contributed by atoms with Crippen LogP contribution in [0, 0.1) is 0 Å². The molecule has 1 fully saturated rings. The minimum Gasteiger partial charge on any atom is -0.492 e. The van der Waals surface area contributed by atoms with Crippen LogP contribution in [0.4, 0.5) is 22.9 Å². The van der Waals surface area contributed by atoms with E-state index in [-0.39, 0.29) is 0 Å². The van der Waals surface area contributed by atoms with Crippen LogP contribution < -0.4 is 15.0 Å². The number of fused-ring (bicyclic) bond motifs is 1. The summed E-state index contributed by atoms with van der Waals surface area (Å²) in [5, 5.41) is 4.76. The number of likely N-dealkylation sites (N-methyl/N-ethyl adjacent to an activating group) is 1. The van der Waals surface area contributed by atoms with Gasteiger partial charge in [-0.3, -0.25) is 4.99 Å². The van der Waals surface area contributed by atoms with Crippen molar-refractivity contribution >= 4 is 64.0 Å². The number of piperazine rings is 1. The molecule has 2 aromatic carbocycles. The SMILES string of the molecule is C=Nc1ccc(Nc2ncnc3cc(N4CCN(C)CC4)cc(OCC(C)SC)c23)cc1SC. The van der Waals surface area contributed by atoms with Crippen molar-refractivity contribution in [2.45, 2.75) is 17.1 Å². The van der Waals surface area contributed by atoms with E-state index in [1.165, 1.54) is 0 Å². The van der Waals surface area contributed by atoms with Crippen molar-refractivity contribution in [1.82, 2.24) is 14.9 Å². The van der Waals surface area contributed by atoms with E-state index < -0.39 is 0 Å². The highest BCUT2D eigenvalue weighted by molar-refractivity contribution is 7.99. The van der Waals surface area contributed by atoms with Gasteiger partial charge in [0.1, 0.15) is 17.9 Å². The topological polar surface area (TPSA) is 65.9 Å². The number of hydrogen-bond acceptors (Lipinski definition) is 9. The van der Waals surface area contributed by atoms with Gasteiger partial charge in [-0.25, -0.2) is 9.97 Å². The van der Waals surface area contributed by atoms with Crippen molar-refractivity contribution in [2.75, 3.05) is 62.6 Å². The molecule has 4 rings (SSSR count). The number of ether oxygens (including phenoxy) is 1. The fraction of sp³-hybridized carbons (Fsp3) is 0.400. The highest BCUT2D eigenvalue weighted by Crippen LogP contribution is 2.37. The molecule has 1 aliphatic heterocycles. The Bertz CT molecular complexity index is 1150. The molecule has 7 nitrogen and oxygen atoms in total. The maximum atomic E-state index is 6.38. The largest absolute Gasteiger partial charge is 0.492 e. The van der Waals surface area contributed by atoms with Crippen LogP contribution in [0.3, 0.4) is 0 Å². The van der Waals surface area contributed by atoms with Crippen molar-refractivity contribution in [1.29, 1.82) is 0 Å². The first-order chi connectivity index (χ1) is 16.5. The number of nitrogens with zero attached hydrogens (tertiary/aromatic N) is 5. The fourth-order valence-corrected chi connectivity index (χ4v) is 4.68. The summed E-state index contributed by atoms with van der Waals surface area (Å²) in [5.41, 5.74) is 3.82. The first-order valence-electron chi connectivity index (χ1n) is 11.3. The van der Waals surface area contributed by atoms with E-state index in [9.17, 15) is 0 Å². The number of hydrogen-bond donors (Lipinski definition) is 1. The number of rotatable bonds is 9. The third-order valence-corrected chi connectivity index (χ3v) is 7.75. The van der Waals surface area contributed by atoms with E-state index in [2.05, 4.69) is 75.2 Å². The van der Waals surface area contributed by atoms with E-state index >= 15 is 0 Å². The third kappa shape index (κ3) is 5.59. The molecule has 0 spiro atoms. The first-order valence-corrected chi connectivity index (χ1v) is 13.8. The molecule has 1 aromatic heterocycles. The van der Waals surface area contributed by atoms with Crippen LogP contribution in [0.2, 0.25) is 0 Å². The summed E-state index contributed by atoms with van der Waals surface area (Å²) in [4.78, 5) is 19.1. The lowest BCUT2D eigenvalue weighted by Gasteiger charge is -2.34. The highest BCUT2D eigenvalue weighted by atomic mass is 32.2. The molecule has 0 bridgehead atoms. The van der Waals surface area contributed by atoms with Crippen LogP contribution in [-0.2, 0) is 0 Å². The minimum atomic E-state index is 0.381. The number of benzene rings is 2. The average Bonchev–Trinajstić information content (AvgIpc) is 2.87. The Labute approximate surface area is 210 Å². The van der Waals surface area contributed by atoms with Gasteiger partial charge in [0.15, 0.2) is 0 Å². The van der Waals surface area contributed by atoms with Gasteiger partial charge in [-0.05, 0) is 50.5 Å². The van der Waals surface area contributed by atoms with Gasteiger partial charge in [0.25, 0.3) is 0 Å². The van der Waals surface area contributed by atoms with Gasteiger partial charge in [-0.2, -0.15) is 11.8 Å². The number of thioether (sulfide) groups is 2. The lowest BCUT2D eigenvalue weighted by molar-refractivity contribution is 0.312. The third-order valence-electron chi connectivity index (χ3n) is 6.04. The summed E-state index contributed by atoms with van der Waals surface area (Å²) in [6.45, 7) is 10.5. The van der Waals surface area contributed by atoms with E-state index in [1.54, 1.807) is 29.9 Å². The summed E-state index contributed by atoms with van der Waals surface area (Å²) < 4.78 is 6.38. The average molecular weight is 497 g/mol. The van der Waals surface area contributed by atoms with Gasteiger partial charge in [-0.15, -0.1) is 11.8 Å². The summed E-state index contributed by atoms with van der Waals surface area (Å²) in [6, 6.07) is 10.3. The molecule has 3 aromatic rings. The second kappa shape index (κ2) is 11.3. The molecular formula is C25H32N6OS2. The number of nitrogens with one attached hydrogen (secondary N) is 1. The zero-order chi connectivity index (χ0) is 24.1. The predicted molar refractivity (Wildman–Crippen MR) is 148 cm³/mol. The van der Waals surface area contributed by atoms with Crippen LogP contribution in [0.5, 0.6) is 5.75 Å². The molecule has 0 radical (unpaired) electrons. The van der Waals surface area contributed by atoms with Crippen molar-refractivity contribution < 1.29 is 4.74 Å². The van der Waals surface area contributed by atoms with Crippen LogP contribution >= 0.6 is 23.5 Å². The van der Waals surface area contributed by atoms with Gasteiger partial charge in [0.2, 0.25) is 0 Å². The predicted octanol–water partition coefficient (Wildman–Crippen LogP) is 5.31. The smallest absolute Gasteiger partial charge is 0.145 e. The summed E-state index contributed by atoms with van der Waals surface area (Å²) in [6.07, 6.45) is 5.75. The van der Waals surface area contributed by atoms with Crippen molar-refractivity contribution in [2.24, 2.45) is 4.99 Å². The standard InChI is InChI=1S/C25H32N6OS2/c1-17(33-4)15-32-22-14-19(31-10-8-30(3)9-11-31)13-21-24(22)25(28-16-27-21)29-18-6-7-20(26-2)23(12-18)34-5/h6-7,12-14,16-17H,2,8-11,15H2,1,3-5H3,(H,27,28,29). The van der Waals surface area contributed by atoms with E-state index in [4.69, 9.17) is 4.74 Å². The molecule has 0 amide bonds. The molecule has 180 valence electrons. The second-order valence-electron chi connectivity index (χ2n) is 8.38. The lowest BCUT2D eigenvalue weighted by Crippen LogP contribution is -2.44. The Morgan fingerprint density at radius 1 is 1.15 bits per heavy atom. The number of aromatic nitrogens is 2. The Kier molecular flexibility index (Phi) is 8.18. The molecule has 1 N–H and O–H groups in total. The lowest BCUT2D eigenvalue weighted by atomic mass is 10.1. The molecule has 0 saturated carbocycles. The van der Waals surface area contributed by atoms with E-state index in [1.807, 2.05) is 18.4 Å². The molecule has 1 unspecified atom stereocenters. The molecule has 1 aliphatic rings. The molecule has 1 saturated heterocycles. The summed E-state index contributed by atoms with van der Waals surface area (Å²) in [7, 11) is 2.17.